The summed E-state index contributed by atoms with van der Waals surface area (Å²) in [6, 6.07) is 11.0. The molecule has 9 nitrogen and oxygen atoms in total. The molecule has 158 valence electrons. The smallest absolute Gasteiger partial charge is 0.410 e. The summed E-state index contributed by atoms with van der Waals surface area (Å²) >= 11 is 0. The monoisotopic (exact) mass is 411 g/mol. The van der Waals surface area contributed by atoms with E-state index in [4.69, 9.17) is 9.47 Å². The average molecular weight is 411 g/mol. The number of carbonyl (C=O) groups excluding carboxylic acids is 2. The van der Waals surface area contributed by atoms with Crippen molar-refractivity contribution in [2.24, 2.45) is 0 Å². The van der Waals surface area contributed by atoms with Crippen LogP contribution in [0.4, 0.5) is 21.1 Å². The molecule has 30 heavy (non-hydrogen) atoms. The van der Waals surface area contributed by atoms with Gasteiger partial charge in [-0.05, 0) is 23.8 Å². The van der Waals surface area contributed by atoms with Crippen LogP contribution in [0.25, 0.3) is 0 Å². The Kier molecular flexibility index (Phi) is 6.29. The molecule has 0 bridgehead atoms. The molecule has 0 spiro atoms. The first-order valence-corrected chi connectivity index (χ1v) is 10.0. The molecule has 0 saturated carbocycles. The Morgan fingerprint density at radius 3 is 2.60 bits per heavy atom. The van der Waals surface area contributed by atoms with Crippen LogP contribution in [0, 0.1) is 0 Å². The van der Waals surface area contributed by atoms with Crippen molar-refractivity contribution in [1.29, 1.82) is 0 Å². The number of urea groups is 1. The number of aromatic nitrogens is 1. The molecular weight excluding hydrogens is 386 g/mol. The summed E-state index contributed by atoms with van der Waals surface area (Å²) in [6.07, 6.45) is 1.47. The van der Waals surface area contributed by atoms with Gasteiger partial charge in [-0.15, -0.1) is 0 Å². The lowest BCUT2D eigenvalue weighted by atomic mass is 10.2. The van der Waals surface area contributed by atoms with Gasteiger partial charge in [0, 0.05) is 43.6 Å². The van der Waals surface area contributed by atoms with Crippen LogP contribution in [-0.4, -0.2) is 61.5 Å². The summed E-state index contributed by atoms with van der Waals surface area (Å²) in [6.45, 7) is 4.84. The lowest BCUT2D eigenvalue weighted by molar-refractivity contribution is 0.122. The van der Waals surface area contributed by atoms with Crippen molar-refractivity contribution in [2.75, 3.05) is 49.7 Å². The molecule has 0 unspecified atom stereocenters. The molecule has 2 aliphatic rings. The van der Waals surface area contributed by atoms with Crippen molar-refractivity contribution in [3.63, 3.8) is 0 Å². The van der Waals surface area contributed by atoms with Gasteiger partial charge in [-0.25, -0.2) is 14.6 Å². The van der Waals surface area contributed by atoms with Gasteiger partial charge in [0.25, 0.3) is 0 Å². The number of cyclic esters (lactones) is 1. The maximum absolute atomic E-state index is 12.3. The van der Waals surface area contributed by atoms with Gasteiger partial charge in [-0.1, -0.05) is 18.2 Å². The number of amides is 3. The van der Waals surface area contributed by atoms with E-state index < -0.39 is 0 Å². The second-order valence-electron chi connectivity index (χ2n) is 7.13. The number of nitrogens with one attached hydrogen (secondary N) is 2. The molecule has 1 aromatic carbocycles. The molecular formula is C21H25N5O4. The van der Waals surface area contributed by atoms with Crippen LogP contribution in [0.3, 0.4) is 0 Å². The highest BCUT2D eigenvalue weighted by molar-refractivity contribution is 5.89. The fourth-order valence-electron chi connectivity index (χ4n) is 3.46. The van der Waals surface area contributed by atoms with Gasteiger partial charge in [-0.3, -0.25) is 0 Å². The van der Waals surface area contributed by atoms with E-state index in [1.165, 1.54) is 0 Å². The number of nitrogens with zero attached hydrogens (tertiary/aromatic N) is 3. The molecule has 0 aliphatic carbocycles. The summed E-state index contributed by atoms with van der Waals surface area (Å²) in [7, 11) is 0. The van der Waals surface area contributed by atoms with Crippen LogP contribution in [0.2, 0.25) is 0 Å². The molecule has 3 heterocycles. The lowest BCUT2D eigenvalue weighted by Crippen LogP contribution is -2.38. The molecule has 2 aromatic rings. The highest BCUT2D eigenvalue weighted by Gasteiger charge is 2.21. The summed E-state index contributed by atoms with van der Waals surface area (Å²) in [5.41, 5.74) is 2.62. The Bertz CT molecular complexity index is 883. The molecule has 3 amide bonds. The molecule has 0 atom stereocenters. The van der Waals surface area contributed by atoms with Crippen molar-refractivity contribution >= 4 is 23.6 Å². The zero-order chi connectivity index (χ0) is 20.8. The lowest BCUT2D eigenvalue weighted by Gasteiger charge is -2.29. The fourth-order valence-corrected chi connectivity index (χ4v) is 3.46. The van der Waals surface area contributed by atoms with E-state index >= 15 is 0 Å². The molecule has 2 aliphatic heterocycles. The zero-order valence-corrected chi connectivity index (χ0v) is 16.7. The van der Waals surface area contributed by atoms with Crippen LogP contribution in [0.1, 0.15) is 11.1 Å². The van der Waals surface area contributed by atoms with Crippen LogP contribution >= 0.6 is 0 Å². The second kappa shape index (κ2) is 9.45. The van der Waals surface area contributed by atoms with E-state index in [1.54, 1.807) is 11.1 Å². The Hall–Kier alpha value is -3.33. The minimum absolute atomic E-state index is 0.288. The number of ether oxygens (including phenoxy) is 2. The number of benzene rings is 1. The largest absolute Gasteiger partial charge is 0.448 e. The first kappa shape index (κ1) is 20.0. The standard InChI is InChI=1S/C21H25N5O4/c27-20(23-14-17-2-1-7-22-19(17)25-8-11-29-12-9-25)24-18-5-3-16(4-6-18)15-26-10-13-30-21(26)28/h1-7H,8-15H2,(H2,23,24,27). The van der Waals surface area contributed by atoms with Crippen LogP contribution in [0.15, 0.2) is 42.6 Å². The van der Waals surface area contributed by atoms with Crippen LogP contribution < -0.4 is 15.5 Å². The molecule has 1 aromatic heterocycles. The first-order chi connectivity index (χ1) is 14.7. The minimum atomic E-state index is -0.289. The zero-order valence-electron chi connectivity index (χ0n) is 16.7. The predicted octanol–water partition coefficient (Wildman–Crippen LogP) is 2.19. The topological polar surface area (TPSA) is 96.0 Å². The van der Waals surface area contributed by atoms with Crippen molar-refractivity contribution in [3.8, 4) is 0 Å². The van der Waals surface area contributed by atoms with Gasteiger partial charge >= 0.3 is 12.1 Å². The maximum atomic E-state index is 12.3. The van der Waals surface area contributed by atoms with E-state index in [0.29, 0.717) is 45.1 Å². The number of morpholine rings is 1. The van der Waals surface area contributed by atoms with E-state index in [0.717, 1.165) is 30.0 Å². The Morgan fingerprint density at radius 2 is 1.87 bits per heavy atom. The predicted molar refractivity (Wildman–Crippen MR) is 111 cm³/mol. The Morgan fingerprint density at radius 1 is 1.07 bits per heavy atom. The normalized spacial score (nSPS) is 16.3. The third kappa shape index (κ3) is 4.98. The molecule has 2 fully saturated rings. The Balaban J connectivity index is 1.29. The van der Waals surface area contributed by atoms with Crippen LogP contribution in [-0.2, 0) is 22.6 Å². The van der Waals surface area contributed by atoms with Crippen molar-refractivity contribution in [1.82, 2.24) is 15.2 Å². The van der Waals surface area contributed by atoms with Gasteiger partial charge in [-0.2, -0.15) is 0 Å². The third-order valence-corrected chi connectivity index (χ3v) is 5.05. The van der Waals surface area contributed by atoms with Gasteiger partial charge < -0.3 is 29.9 Å². The first-order valence-electron chi connectivity index (χ1n) is 10.0. The fraction of sp³-hybridized carbons (Fsp3) is 0.381. The summed E-state index contributed by atoms with van der Waals surface area (Å²) in [5, 5.41) is 5.72. The van der Waals surface area contributed by atoms with Crippen LogP contribution in [0.5, 0.6) is 0 Å². The summed E-state index contributed by atoms with van der Waals surface area (Å²) in [5.74, 6) is 0.880. The number of rotatable bonds is 6. The molecule has 0 radical (unpaired) electrons. The molecule has 2 N–H and O–H groups in total. The molecule has 2 saturated heterocycles. The highest BCUT2D eigenvalue weighted by Crippen LogP contribution is 2.18. The Labute approximate surface area is 175 Å². The highest BCUT2D eigenvalue weighted by atomic mass is 16.6. The minimum Gasteiger partial charge on any atom is -0.448 e. The van der Waals surface area contributed by atoms with Gasteiger partial charge in [0.15, 0.2) is 0 Å². The van der Waals surface area contributed by atoms with Crippen molar-refractivity contribution < 1.29 is 19.1 Å². The van der Waals surface area contributed by atoms with Gasteiger partial charge in [0.1, 0.15) is 12.4 Å². The van der Waals surface area contributed by atoms with Gasteiger partial charge in [0.2, 0.25) is 0 Å². The summed E-state index contributed by atoms with van der Waals surface area (Å²) < 4.78 is 10.3. The SMILES string of the molecule is O=C(NCc1cccnc1N1CCOCC1)Nc1ccc(CN2CCOC2=O)cc1. The average Bonchev–Trinajstić information content (AvgIpc) is 3.19. The summed E-state index contributed by atoms with van der Waals surface area (Å²) in [4.78, 5) is 32.2. The van der Waals surface area contributed by atoms with Crippen molar-refractivity contribution in [3.05, 3.63) is 53.7 Å². The van der Waals surface area contributed by atoms with E-state index in [2.05, 4.69) is 20.5 Å². The van der Waals surface area contributed by atoms with E-state index in [1.807, 2.05) is 36.4 Å². The van der Waals surface area contributed by atoms with E-state index in [-0.39, 0.29) is 12.1 Å². The number of hydrogen-bond donors (Lipinski definition) is 2. The van der Waals surface area contributed by atoms with Gasteiger partial charge in [0.05, 0.1) is 19.8 Å². The molecule has 9 heteroatoms. The number of hydrogen-bond acceptors (Lipinski definition) is 6. The maximum Gasteiger partial charge on any atom is 0.410 e. The van der Waals surface area contributed by atoms with E-state index in [9.17, 15) is 9.59 Å². The van der Waals surface area contributed by atoms with Crippen molar-refractivity contribution in [2.45, 2.75) is 13.1 Å². The molecule has 4 rings (SSSR count). The third-order valence-electron chi connectivity index (χ3n) is 5.05. The quantitative estimate of drug-likeness (QED) is 0.757. The number of carbonyl (C=O) groups is 2. The number of pyridine rings is 1. The second-order valence-corrected chi connectivity index (χ2v) is 7.13. The number of anilines is 2.